The summed E-state index contributed by atoms with van der Waals surface area (Å²) >= 11 is 5.95. The maximum Gasteiger partial charge on any atom is 0.161 e. The van der Waals surface area contributed by atoms with E-state index in [1.54, 1.807) is 6.08 Å². The predicted octanol–water partition coefficient (Wildman–Crippen LogP) is 3.03. The highest BCUT2D eigenvalue weighted by molar-refractivity contribution is 6.30. The molecule has 4 rings (SSSR count). The number of pyridine rings is 1. The Labute approximate surface area is 144 Å². The molecule has 118 valence electrons. The molecule has 4 heteroatoms. The van der Waals surface area contributed by atoms with Crippen LogP contribution in [0.2, 0.25) is 5.02 Å². The largest absolute Gasteiger partial charge is 0.380 e. The molecule has 0 saturated heterocycles. The molecule has 0 saturated carbocycles. The molecular weight excluding hydrogens is 320 g/mol. The summed E-state index contributed by atoms with van der Waals surface area (Å²) < 4.78 is 0. The minimum atomic E-state index is 0.0916. The highest BCUT2D eigenvalue weighted by Gasteiger charge is 2.10. The van der Waals surface area contributed by atoms with E-state index in [9.17, 15) is 4.79 Å². The molecule has 3 nitrogen and oxygen atoms in total. The molecule has 2 aromatic carbocycles. The molecule has 0 unspecified atom stereocenters. The Bertz CT molecular complexity index is 1060. The number of aromatic nitrogens is 1. The molecule has 1 aliphatic rings. The quantitative estimate of drug-likeness (QED) is 0.800. The monoisotopic (exact) mass is 334 g/mol. The Morgan fingerprint density at radius 2 is 1.88 bits per heavy atom. The summed E-state index contributed by atoms with van der Waals surface area (Å²) in [4.78, 5) is 16.4. The van der Waals surface area contributed by atoms with Gasteiger partial charge in [-0.15, -0.1) is 0 Å². The Kier molecular flexibility index (Phi) is 3.79. The van der Waals surface area contributed by atoms with Gasteiger partial charge in [0.1, 0.15) is 0 Å². The lowest BCUT2D eigenvalue weighted by Crippen LogP contribution is -2.35. The van der Waals surface area contributed by atoms with Gasteiger partial charge in [0.25, 0.3) is 0 Å². The lowest BCUT2D eigenvalue weighted by atomic mass is 10.1. The molecule has 0 spiro atoms. The van der Waals surface area contributed by atoms with Crippen LogP contribution in [0.25, 0.3) is 23.1 Å². The first kappa shape index (κ1) is 14.9. The summed E-state index contributed by atoms with van der Waals surface area (Å²) in [6, 6.07) is 15.8. The topological polar surface area (TPSA) is 42.0 Å². The number of benzene rings is 2. The van der Waals surface area contributed by atoms with E-state index in [0.29, 0.717) is 13.0 Å². The van der Waals surface area contributed by atoms with Gasteiger partial charge in [-0.05, 0) is 23.8 Å². The molecule has 1 aliphatic carbocycles. The Balaban J connectivity index is 1.83. The predicted molar refractivity (Wildman–Crippen MR) is 98.3 cm³/mol. The molecule has 24 heavy (non-hydrogen) atoms. The summed E-state index contributed by atoms with van der Waals surface area (Å²) in [6.07, 6.45) is 4.01. The minimum Gasteiger partial charge on any atom is -0.380 e. The zero-order valence-electron chi connectivity index (χ0n) is 12.9. The van der Waals surface area contributed by atoms with E-state index in [4.69, 9.17) is 11.6 Å². The number of para-hydroxylation sites is 1. The number of hydrogen-bond acceptors (Lipinski definition) is 3. The maximum atomic E-state index is 11.7. The first-order valence-electron chi connectivity index (χ1n) is 7.82. The molecule has 3 aromatic rings. The van der Waals surface area contributed by atoms with Crippen molar-refractivity contribution in [1.29, 1.82) is 0 Å². The van der Waals surface area contributed by atoms with Crippen LogP contribution in [0.4, 0.5) is 5.69 Å². The van der Waals surface area contributed by atoms with Crippen LogP contribution in [0.1, 0.15) is 12.0 Å². The fourth-order valence-corrected chi connectivity index (χ4v) is 3.09. The van der Waals surface area contributed by atoms with E-state index < -0.39 is 0 Å². The van der Waals surface area contributed by atoms with Gasteiger partial charge in [0.05, 0.1) is 16.6 Å². The molecule has 0 atom stereocenters. The zero-order valence-corrected chi connectivity index (χ0v) is 13.7. The highest BCUT2D eigenvalue weighted by Crippen LogP contribution is 2.18. The van der Waals surface area contributed by atoms with Crippen molar-refractivity contribution in [1.82, 2.24) is 4.98 Å². The van der Waals surface area contributed by atoms with Gasteiger partial charge in [-0.2, -0.15) is 0 Å². The van der Waals surface area contributed by atoms with Gasteiger partial charge in [0, 0.05) is 34.7 Å². The van der Waals surface area contributed by atoms with Crippen LogP contribution in [0.5, 0.6) is 0 Å². The first-order valence-corrected chi connectivity index (χ1v) is 8.20. The van der Waals surface area contributed by atoms with E-state index in [0.717, 1.165) is 37.7 Å². The molecule has 0 radical (unpaired) electrons. The number of fused-ring (bicyclic) bond motifs is 2. The Hall–Kier alpha value is -2.65. The number of ketones is 1. The van der Waals surface area contributed by atoms with Gasteiger partial charge in [-0.3, -0.25) is 4.79 Å². The van der Waals surface area contributed by atoms with Crippen molar-refractivity contribution in [3.05, 3.63) is 69.7 Å². The van der Waals surface area contributed by atoms with Crippen LogP contribution in [-0.2, 0) is 11.3 Å². The summed E-state index contributed by atoms with van der Waals surface area (Å²) in [7, 11) is 0. The third kappa shape index (κ3) is 2.79. The van der Waals surface area contributed by atoms with Crippen LogP contribution < -0.4 is 15.9 Å². The Morgan fingerprint density at radius 3 is 2.71 bits per heavy atom. The van der Waals surface area contributed by atoms with E-state index >= 15 is 0 Å². The summed E-state index contributed by atoms with van der Waals surface area (Å²) in [5.74, 6) is 0.0916. The smallest absolute Gasteiger partial charge is 0.161 e. The summed E-state index contributed by atoms with van der Waals surface area (Å²) in [5.41, 5.74) is 3.05. The van der Waals surface area contributed by atoms with Gasteiger partial charge < -0.3 is 5.32 Å². The second-order valence-electron chi connectivity index (χ2n) is 5.80. The van der Waals surface area contributed by atoms with Crippen molar-refractivity contribution in [2.45, 2.75) is 13.0 Å². The summed E-state index contributed by atoms with van der Waals surface area (Å²) in [6.45, 7) is 0.680. The molecule has 0 fully saturated rings. The molecule has 1 aromatic heterocycles. The minimum absolute atomic E-state index is 0.0916. The standard InChI is InChI=1S/C20H15ClN2O/c21-14-7-5-13(6-8-14)12-22-20-16-3-1-2-4-18(16)23-19-11-15(24)9-10-17(19)20/h1-8,10-11,22H,9,12H2. The number of halogens is 1. The average molecular weight is 335 g/mol. The third-order valence-corrected chi connectivity index (χ3v) is 4.40. The van der Waals surface area contributed by atoms with Gasteiger partial charge in [-0.1, -0.05) is 48.0 Å². The number of Topliss-reactive ketones (excluding diaryl/α,β-unsaturated/α-hetero) is 1. The van der Waals surface area contributed by atoms with Gasteiger partial charge >= 0.3 is 0 Å². The van der Waals surface area contributed by atoms with E-state index in [2.05, 4.69) is 16.4 Å². The molecule has 0 amide bonds. The van der Waals surface area contributed by atoms with E-state index in [1.165, 1.54) is 0 Å². The number of anilines is 1. The SMILES string of the molecule is O=C1C=c2nc3ccccc3c(NCc3ccc(Cl)cc3)c2=CC1. The van der Waals surface area contributed by atoms with Gasteiger partial charge in [0.2, 0.25) is 0 Å². The fraction of sp³-hybridized carbons (Fsp3) is 0.100. The van der Waals surface area contributed by atoms with Crippen molar-refractivity contribution in [2.75, 3.05) is 5.32 Å². The number of nitrogens with one attached hydrogen (secondary N) is 1. The van der Waals surface area contributed by atoms with Crippen molar-refractivity contribution in [3.63, 3.8) is 0 Å². The number of rotatable bonds is 3. The first-order chi connectivity index (χ1) is 11.7. The average Bonchev–Trinajstić information content (AvgIpc) is 2.60. The van der Waals surface area contributed by atoms with Crippen molar-refractivity contribution in [3.8, 4) is 0 Å². The fourth-order valence-electron chi connectivity index (χ4n) is 2.96. The van der Waals surface area contributed by atoms with Crippen molar-refractivity contribution < 1.29 is 4.79 Å². The third-order valence-electron chi connectivity index (χ3n) is 4.15. The zero-order chi connectivity index (χ0) is 16.5. The molecule has 0 bridgehead atoms. The molecule has 0 aliphatic heterocycles. The lowest BCUT2D eigenvalue weighted by Gasteiger charge is -2.13. The van der Waals surface area contributed by atoms with Crippen LogP contribution in [0.15, 0.2) is 48.5 Å². The number of carbonyl (C=O) groups is 1. The number of nitrogens with zero attached hydrogens (tertiary/aromatic N) is 1. The van der Waals surface area contributed by atoms with E-state index in [-0.39, 0.29) is 5.78 Å². The number of hydrogen-bond donors (Lipinski definition) is 1. The van der Waals surface area contributed by atoms with Gasteiger partial charge in [0.15, 0.2) is 5.78 Å². The summed E-state index contributed by atoms with van der Waals surface area (Å²) in [5, 5.41) is 7.05. The second-order valence-corrected chi connectivity index (χ2v) is 6.24. The second kappa shape index (κ2) is 6.10. The van der Waals surface area contributed by atoms with Crippen LogP contribution >= 0.6 is 11.6 Å². The van der Waals surface area contributed by atoms with E-state index in [1.807, 2.05) is 48.5 Å². The molecular formula is C20H15ClN2O. The van der Waals surface area contributed by atoms with Crippen LogP contribution in [0, 0.1) is 0 Å². The van der Waals surface area contributed by atoms with Crippen molar-refractivity contribution >= 4 is 46.1 Å². The molecule has 1 N–H and O–H groups in total. The Morgan fingerprint density at radius 1 is 1.08 bits per heavy atom. The van der Waals surface area contributed by atoms with Crippen molar-refractivity contribution in [2.24, 2.45) is 0 Å². The van der Waals surface area contributed by atoms with Crippen LogP contribution in [0.3, 0.4) is 0 Å². The lowest BCUT2D eigenvalue weighted by molar-refractivity contribution is -0.112. The maximum absolute atomic E-state index is 11.7. The highest BCUT2D eigenvalue weighted by atomic mass is 35.5. The van der Waals surface area contributed by atoms with Gasteiger partial charge in [-0.25, -0.2) is 4.98 Å². The molecule has 1 heterocycles. The number of carbonyl (C=O) groups excluding carboxylic acids is 1. The normalized spacial score (nSPS) is 13.1. The van der Waals surface area contributed by atoms with Crippen LogP contribution in [-0.4, -0.2) is 10.8 Å².